The molecule has 2 bridgehead atoms. The Bertz CT molecular complexity index is 1090. The molecule has 0 radical (unpaired) electrons. The van der Waals surface area contributed by atoms with Gasteiger partial charge in [0.15, 0.2) is 11.6 Å². The van der Waals surface area contributed by atoms with E-state index in [2.05, 4.69) is 34.0 Å². The number of hydrogen-bond acceptors (Lipinski definition) is 7. The van der Waals surface area contributed by atoms with Gasteiger partial charge in [-0.25, -0.2) is 9.50 Å². The van der Waals surface area contributed by atoms with Gasteiger partial charge in [-0.3, -0.25) is 4.90 Å². The Labute approximate surface area is 188 Å². The van der Waals surface area contributed by atoms with E-state index in [9.17, 15) is 0 Å². The van der Waals surface area contributed by atoms with Crippen molar-refractivity contribution >= 4 is 17.0 Å². The van der Waals surface area contributed by atoms with Crippen LogP contribution in [0.1, 0.15) is 18.4 Å². The zero-order chi connectivity index (χ0) is 21.7. The maximum atomic E-state index is 6.09. The van der Waals surface area contributed by atoms with Gasteiger partial charge in [-0.1, -0.05) is 0 Å². The first-order valence-corrected chi connectivity index (χ1v) is 11.7. The normalized spacial score (nSPS) is 24.5. The molecule has 3 aliphatic rings. The van der Waals surface area contributed by atoms with Crippen LogP contribution in [0, 0.1) is 0 Å². The first-order chi connectivity index (χ1) is 15.6. The number of anilines is 2. The van der Waals surface area contributed by atoms with Crippen LogP contribution in [0.2, 0.25) is 0 Å². The van der Waals surface area contributed by atoms with Crippen molar-refractivity contribution in [2.45, 2.75) is 31.6 Å². The Morgan fingerprint density at radius 3 is 2.47 bits per heavy atom. The molecule has 2 aromatic heterocycles. The molecule has 3 aromatic rings. The second-order valence-corrected chi connectivity index (χ2v) is 9.50. The molecule has 0 saturated carbocycles. The van der Waals surface area contributed by atoms with Gasteiger partial charge in [0.25, 0.3) is 0 Å². The topological polar surface area (TPSA) is 75.2 Å². The van der Waals surface area contributed by atoms with Crippen molar-refractivity contribution in [2.75, 3.05) is 56.9 Å². The van der Waals surface area contributed by atoms with Crippen LogP contribution in [0.5, 0.6) is 0 Å². The summed E-state index contributed by atoms with van der Waals surface area (Å²) in [7, 11) is 2.19. The van der Waals surface area contributed by atoms with Gasteiger partial charge in [0.05, 0.1) is 12.2 Å². The molecule has 32 heavy (non-hydrogen) atoms. The van der Waals surface area contributed by atoms with Crippen molar-refractivity contribution in [3.63, 3.8) is 0 Å². The van der Waals surface area contributed by atoms with Gasteiger partial charge in [-0.2, -0.15) is 0 Å². The number of morpholine rings is 1. The van der Waals surface area contributed by atoms with Gasteiger partial charge in [0, 0.05) is 63.3 Å². The van der Waals surface area contributed by atoms with E-state index >= 15 is 0 Å². The van der Waals surface area contributed by atoms with Crippen LogP contribution in [0.3, 0.4) is 0 Å². The largest absolute Gasteiger partial charge is 0.399 e. The lowest BCUT2D eigenvalue weighted by atomic mass is 10.2. The molecule has 3 aliphatic heterocycles. The van der Waals surface area contributed by atoms with Crippen LogP contribution >= 0.6 is 0 Å². The second-order valence-electron chi connectivity index (χ2n) is 9.50. The quantitative estimate of drug-likeness (QED) is 0.632. The van der Waals surface area contributed by atoms with Gasteiger partial charge >= 0.3 is 0 Å². The molecule has 2 unspecified atom stereocenters. The van der Waals surface area contributed by atoms with Gasteiger partial charge in [-0.05, 0) is 55.8 Å². The van der Waals surface area contributed by atoms with Crippen LogP contribution in [-0.4, -0.2) is 82.9 Å². The molecule has 2 N–H and O–H groups in total. The molecule has 2 atom stereocenters. The monoisotopic (exact) mass is 433 g/mol. The van der Waals surface area contributed by atoms with E-state index in [1.807, 2.05) is 28.8 Å². The van der Waals surface area contributed by atoms with E-state index in [1.54, 1.807) is 0 Å². The fraction of sp³-hybridized carbons (Fsp3) is 0.500. The summed E-state index contributed by atoms with van der Waals surface area (Å²) in [5, 5.41) is 4.89. The van der Waals surface area contributed by atoms with Crippen molar-refractivity contribution in [3.8, 4) is 11.4 Å². The molecular weight excluding hydrogens is 402 g/mol. The van der Waals surface area contributed by atoms with Crippen molar-refractivity contribution in [2.24, 2.45) is 0 Å². The minimum atomic E-state index is 0.309. The number of nitrogens with zero attached hydrogens (tertiary/aromatic N) is 6. The van der Waals surface area contributed by atoms with E-state index in [0.29, 0.717) is 12.2 Å². The van der Waals surface area contributed by atoms with Crippen molar-refractivity contribution in [1.29, 1.82) is 0 Å². The Hall–Kier alpha value is -2.68. The third kappa shape index (κ3) is 3.83. The zero-order valence-corrected chi connectivity index (χ0v) is 18.7. The first-order valence-electron chi connectivity index (χ1n) is 11.7. The highest BCUT2D eigenvalue weighted by Gasteiger charge is 2.35. The van der Waals surface area contributed by atoms with E-state index in [-0.39, 0.29) is 0 Å². The lowest BCUT2D eigenvalue weighted by Gasteiger charge is -2.33. The predicted octanol–water partition coefficient (Wildman–Crippen LogP) is 2.09. The maximum absolute atomic E-state index is 6.09. The smallest absolute Gasteiger partial charge is 0.182 e. The number of nitrogens with two attached hydrogens (primary N) is 1. The van der Waals surface area contributed by atoms with Crippen molar-refractivity contribution in [3.05, 3.63) is 42.1 Å². The van der Waals surface area contributed by atoms with Crippen molar-refractivity contribution in [1.82, 2.24) is 24.4 Å². The third-order valence-electron chi connectivity index (χ3n) is 7.01. The molecular formula is C24H31N7O. The summed E-state index contributed by atoms with van der Waals surface area (Å²) in [6.07, 6.45) is 5.08. The van der Waals surface area contributed by atoms with Crippen LogP contribution in [0.4, 0.5) is 11.5 Å². The molecule has 0 aliphatic carbocycles. The Morgan fingerprint density at radius 2 is 1.75 bits per heavy atom. The summed E-state index contributed by atoms with van der Waals surface area (Å²) < 4.78 is 8.11. The lowest BCUT2D eigenvalue weighted by Crippen LogP contribution is -2.43. The van der Waals surface area contributed by atoms with Crippen LogP contribution in [-0.2, 0) is 11.3 Å². The van der Waals surface area contributed by atoms with Crippen LogP contribution in [0.15, 0.2) is 36.5 Å². The summed E-state index contributed by atoms with van der Waals surface area (Å²) in [5.74, 6) is 1.74. The highest BCUT2D eigenvalue weighted by atomic mass is 16.5. The summed E-state index contributed by atoms with van der Waals surface area (Å²) in [6, 6.07) is 10.1. The minimum absolute atomic E-state index is 0.309. The van der Waals surface area contributed by atoms with Gasteiger partial charge < -0.3 is 20.3 Å². The maximum Gasteiger partial charge on any atom is 0.182 e. The number of ether oxygens (including phenoxy) is 1. The molecule has 8 heteroatoms. The van der Waals surface area contributed by atoms with Crippen LogP contribution < -0.4 is 10.6 Å². The van der Waals surface area contributed by atoms with Crippen LogP contribution in [0.25, 0.3) is 16.9 Å². The molecule has 0 spiro atoms. The molecule has 8 nitrogen and oxygen atoms in total. The van der Waals surface area contributed by atoms with E-state index in [4.69, 9.17) is 20.6 Å². The van der Waals surface area contributed by atoms with E-state index in [0.717, 1.165) is 87.1 Å². The number of fused-ring (bicyclic) bond motifs is 3. The Kier molecular flexibility index (Phi) is 5.01. The molecule has 5 heterocycles. The fourth-order valence-corrected chi connectivity index (χ4v) is 5.16. The number of piperazine rings is 1. The molecule has 6 rings (SSSR count). The van der Waals surface area contributed by atoms with E-state index < -0.39 is 0 Å². The fourth-order valence-electron chi connectivity index (χ4n) is 5.16. The Balaban J connectivity index is 1.38. The number of nitrogen functional groups attached to an aromatic ring is 1. The standard InChI is InChI=1S/C24H31N7O/c1-28-8-10-29(11-9-28)13-17-12-22-24(30-15-20-6-7-21(16-30)32-20)26-23(27-31(22)14-17)18-2-4-19(25)5-3-18/h2-5,12,14,20-21H,6-11,13,15-16,25H2,1H3. The minimum Gasteiger partial charge on any atom is -0.399 e. The molecule has 3 fully saturated rings. The van der Waals surface area contributed by atoms with Gasteiger partial charge in [-0.15, -0.1) is 5.10 Å². The van der Waals surface area contributed by atoms with E-state index in [1.165, 1.54) is 5.56 Å². The first kappa shape index (κ1) is 20.0. The highest BCUT2D eigenvalue weighted by Crippen LogP contribution is 2.32. The third-order valence-corrected chi connectivity index (χ3v) is 7.01. The van der Waals surface area contributed by atoms with Gasteiger partial charge in [0.1, 0.15) is 5.52 Å². The zero-order valence-electron chi connectivity index (χ0n) is 18.7. The second kappa shape index (κ2) is 8.03. The summed E-state index contributed by atoms with van der Waals surface area (Å²) in [6.45, 7) is 7.18. The number of likely N-dealkylation sites (N-methyl/N-ethyl adjacent to an activating group) is 1. The summed E-state index contributed by atoms with van der Waals surface area (Å²) >= 11 is 0. The van der Waals surface area contributed by atoms with Gasteiger partial charge in [0.2, 0.25) is 0 Å². The molecule has 3 saturated heterocycles. The average molecular weight is 434 g/mol. The predicted molar refractivity (Wildman–Crippen MR) is 126 cm³/mol. The number of hydrogen-bond donors (Lipinski definition) is 1. The highest BCUT2D eigenvalue weighted by molar-refractivity contribution is 5.73. The summed E-state index contributed by atoms with van der Waals surface area (Å²) in [5.41, 5.74) is 10.00. The molecule has 168 valence electrons. The Morgan fingerprint density at radius 1 is 1.03 bits per heavy atom. The summed E-state index contributed by atoms with van der Waals surface area (Å²) in [4.78, 5) is 12.4. The SMILES string of the molecule is CN1CCN(Cc2cc3c(N4CC5CCC(C4)O5)nc(-c4ccc(N)cc4)nn3c2)CC1. The molecule has 0 amide bonds. The lowest BCUT2D eigenvalue weighted by molar-refractivity contribution is 0.0303. The van der Waals surface area contributed by atoms with Crippen molar-refractivity contribution < 1.29 is 4.74 Å². The number of aromatic nitrogens is 3. The number of rotatable bonds is 4. The average Bonchev–Trinajstić information content (AvgIpc) is 3.36. The number of benzene rings is 1. The molecule has 1 aromatic carbocycles.